The summed E-state index contributed by atoms with van der Waals surface area (Å²) in [6.07, 6.45) is -3.61. The topological polar surface area (TPSA) is 157 Å². The second kappa shape index (κ2) is 9.01. The van der Waals surface area contributed by atoms with Crippen LogP contribution in [0.4, 0.5) is 0 Å². The van der Waals surface area contributed by atoms with Crippen molar-refractivity contribution in [1.82, 2.24) is 0 Å². The second-order valence-corrected chi connectivity index (χ2v) is 12.1. The molecule has 11 atom stereocenters. The first-order valence-corrected chi connectivity index (χ1v) is 13.5. The van der Waals surface area contributed by atoms with E-state index >= 15 is 0 Å². The number of carbonyl (C=O) groups is 5. The van der Waals surface area contributed by atoms with Gasteiger partial charge in [0.2, 0.25) is 0 Å². The van der Waals surface area contributed by atoms with Gasteiger partial charge in [-0.05, 0) is 26.8 Å². The predicted octanol–water partition coefficient (Wildman–Crippen LogP) is 1.70. The Morgan fingerprint density at radius 1 is 0.875 bits per heavy atom. The van der Waals surface area contributed by atoms with Gasteiger partial charge in [-0.15, -0.1) is 0 Å². The highest BCUT2D eigenvalue weighted by Crippen LogP contribution is 2.69. The molecule has 5 rings (SSSR count). The van der Waals surface area contributed by atoms with E-state index < -0.39 is 94.6 Å². The molecule has 0 aromatic heterocycles. The van der Waals surface area contributed by atoms with Gasteiger partial charge in [0.05, 0.1) is 17.1 Å². The second-order valence-electron chi connectivity index (χ2n) is 12.1. The Bertz CT molecular complexity index is 1210. The van der Waals surface area contributed by atoms with Gasteiger partial charge in [0, 0.05) is 46.5 Å². The smallest absolute Gasteiger partial charge is 0.342 e. The van der Waals surface area contributed by atoms with E-state index in [-0.39, 0.29) is 12.8 Å². The van der Waals surface area contributed by atoms with E-state index in [1.54, 1.807) is 26.8 Å². The Balaban J connectivity index is 1.81. The third-order valence-corrected chi connectivity index (χ3v) is 9.36. The minimum atomic E-state index is -1.43. The average Bonchev–Trinajstić information content (AvgIpc) is 3.64. The highest BCUT2D eigenvalue weighted by Gasteiger charge is 2.89. The summed E-state index contributed by atoms with van der Waals surface area (Å²) in [7, 11) is 0. The quantitative estimate of drug-likeness (QED) is 0.211. The van der Waals surface area contributed by atoms with Crippen molar-refractivity contribution < 1.29 is 57.1 Å². The molecule has 3 aliphatic heterocycles. The van der Waals surface area contributed by atoms with Crippen LogP contribution in [-0.4, -0.2) is 83.3 Å². The normalized spacial score (nSPS) is 47.9. The lowest BCUT2D eigenvalue weighted by Gasteiger charge is -2.54. The molecule has 3 heterocycles. The fraction of sp³-hybridized carbons (Fsp3) is 0.750. The lowest BCUT2D eigenvalue weighted by molar-refractivity contribution is -0.228. The molecule has 0 aromatic carbocycles. The van der Waals surface area contributed by atoms with Gasteiger partial charge in [-0.1, -0.05) is 12.5 Å². The van der Waals surface area contributed by atoms with Crippen LogP contribution in [0.25, 0.3) is 0 Å². The lowest BCUT2D eigenvalue weighted by Crippen LogP contribution is -2.68. The van der Waals surface area contributed by atoms with Crippen LogP contribution in [-0.2, 0) is 57.1 Å². The summed E-state index contributed by atoms with van der Waals surface area (Å²) in [5.74, 6) is -3.99. The van der Waals surface area contributed by atoms with Gasteiger partial charge < -0.3 is 33.2 Å². The number of carbonyl (C=O) groups excluding carboxylic acids is 5. The third-order valence-electron chi connectivity index (χ3n) is 9.36. The van der Waals surface area contributed by atoms with Crippen molar-refractivity contribution in [3.63, 3.8) is 0 Å². The molecule has 0 N–H and O–H groups in total. The molecule has 0 amide bonds. The zero-order chi connectivity index (χ0) is 29.6. The SMILES string of the molecule is CC(=O)O[C@H]1C/C(C)=C\[C@@H]2OC(=O)[C@]3(C)O[C@]23[C@@H](OC(C)=O)[C@H]2[C@@]3(C)O[C@H]3C[C@H](OC(C)=O)[C@]2(C)[C@H]1OC(C)=O. The average molecular weight is 565 g/mol. The maximum Gasteiger partial charge on any atom is 0.342 e. The Morgan fingerprint density at radius 3 is 2.00 bits per heavy atom. The van der Waals surface area contributed by atoms with E-state index in [1.165, 1.54) is 27.7 Å². The number of ether oxygens (including phenoxy) is 7. The number of fused-ring (bicyclic) bond motifs is 3. The first-order valence-electron chi connectivity index (χ1n) is 13.5. The Kier molecular flexibility index (Phi) is 6.42. The van der Waals surface area contributed by atoms with Gasteiger partial charge in [-0.25, -0.2) is 4.79 Å². The summed E-state index contributed by atoms with van der Waals surface area (Å²) in [6.45, 7) is 11.9. The fourth-order valence-electron chi connectivity index (χ4n) is 7.70. The minimum Gasteiger partial charge on any atom is -0.462 e. The molecule has 3 saturated heterocycles. The van der Waals surface area contributed by atoms with Crippen molar-refractivity contribution in [2.24, 2.45) is 11.3 Å². The van der Waals surface area contributed by atoms with E-state index in [4.69, 9.17) is 33.2 Å². The van der Waals surface area contributed by atoms with Gasteiger partial charge in [0.25, 0.3) is 0 Å². The summed E-state index contributed by atoms with van der Waals surface area (Å²) >= 11 is 0. The number of epoxide rings is 2. The molecular formula is C28H36O12. The van der Waals surface area contributed by atoms with Crippen LogP contribution in [0.5, 0.6) is 0 Å². The minimum absolute atomic E-state index is 0.104. The van der Waals surface area contributed by atoms with Crippen LogP contribution < -0.4 is 0 Å². The van der Waals surface area contributed by atoms with Crippen molar-refractivity contribution in [1.29, 1.82) is 0 Å². The van der Waals surface area contributed by atoms with Gasteiger partial charge >= 0.3 is 29.8 Å². The molecule has 0 aromatic rings. The van der Waals surface area contributed by atoms with Crippen molar-refractivity contribution in [3.05, 3.63) is 11.6 Å². The summed E-state index contributed by atoms with van der Waals surface area (Å²) in [6, 6.07) is 0. The monoisotopic (exact) mass is 564 g/mol. The number of hydrogen-bond donors (Lipinski definition) is 0. The molecule has 220 valence electrons. The van der Waals surface area contributed by atoms with Crippen molar-refractivity contribution in [2.75, 3.05) is 0 Å². The molecule has 5 aliphatic rings. The zero-order valence-corrected chi connectivity index (χ0v) is 23.9. The number of esters is 5. The molecule has 1 saturated carbocycles. The Labute approximate surface area is 231 Å². The summed E-state index contributed by atoms with van der Waals surface area (Å²) in [5, 5.41) is 0. The standard InChI is InChI=1S/C28H36O12/c1-12-9-17(34-13(2)29)22(36-15(4)31)25(6)18(35-14(3)30)11-19-26(7,39-19)21(25)23(37-16(5)32)28-20(10-12)38-24(33)27(28,8)40-28/h10,17-23H,9,11H2,1-8H3/b12-10-/t17-,18-,19-,20-,21+,22-,23-,25-,26-,27-,28-/m0/s1. The highest BCUT2D eigenvalue weighted by molar-refractivity contribution is 5.89. The largest absolute Gasteiger partial charge is 0.462 e. The van der Waals surface area contributed by atoms with E-state index in [9.17, 15) is 24.0 Å². The molecular weight excluding hydrogens is 528 g/mol. The molecule has 2 aliphatic carbocycles. The molecule has 0 bridgehead atoms. The van der Waals surface area contributed by atoms with Gasteiger partial charge in [0.15, 0.2) is 17.3 Å². The van der Waals surface area contributed by atoms with Crippen LogP contribution in [0, 0.1) is 11.3 Å². The molecule has 1 spiro atoms. The summed E-state index contributed by atoms with van der Waals surface area (Å²) < 4.78 is 41.9. The predicted molar refractivity (Wildman–Crippen MR) is 132 cm³/mol. The van der Waals surface area contributed by atoms with Crippen molar-refractivity contribution >= 4 is 29.8 Å². The lowest BCUT2D eigenvalue weighted by atomic mass is 9.53. The molecule has 0 radical (unpaired) electrons. The van der Waals surface area contributed by atoms with Gasteiger partial charge in [0.1, 0.15) is 24.4 Å². The number of hydrogen-bond acceptors (Lipinski definition) is 12. The van der Waals surface area contributed by atoms with Crippen LogP contribution in [0.2, 0.25) is 0 Å². The van der Waals surface area contributed by atoms with E-state index in [2.05, 4.69) is 0 Å². The Hall–Kier alpha value is -2.99. The van der Waals surface area contributed by atoms with Crippen LogP contribution in [0.1, 0.15) is 68.2 Å². The van der Waals surface area contributed by atoms with Gasteiger partial charge in [-0.3, -0.25) is 19.2 Å². The van der Waals surface area contributed by atoms with Crippen LogP contribution in [0.3, 0.4) is 0 Å². The van der Waals surface area contributed by atoms with E-state index in [1.807, 2.05) is 6.92 Å². The highest BCUT2D eigenvalue weighted by atomic mass is 16.7. The molecule has 0 unspecified atom stereocenters. The zero-order valence-electron chi connectivity index (χ0n) is 23.9. The van der Waals surface area contributed by atoms with Gasteiger partial charge in [-0.2, -0.15) is 0 Å². The first kappa shape index (κ1) is 28.5. The van der Waals surface area contributed by atoms with Crippen LogP contribution >= 0.6 is 0 Å². The van der Waals surface area contributed by atoms with E-state index in [0.29, 0.717) is 5.57 Å². The molecule has 12 heteroatoms. The summed E-state index contributed by atoms with van der Waals surface area (Å²) in [5.41, 5.74) is -4.56. The third kappa shape index (κ3) is 3.97. The van der Waals surface area contributed by atoms with Crippen molar-refractivity contribution in [2.45, 2.75) is 122 Å². The maximum absolute atomic E-state index is 13.1. The molecule has 40 heavy (non-hydrogen) atoms. The molecule has 4 fully saturated rings. The van der Waals surface area contributed by atoms with Crippen molar-refractivity contribution in [3.8, 4) is 0 Å². The maximum atomic E-state index is 13.1. The Morgan fingerprint density at radius 2 is 1.45 bits per heavy atom. The summed E-state index contributed by atoms with van der Waals surface area (Å²) in [4.78, 5) is 63.2. The fourth-order valence-corrected chi connectivity index (χ4v) is 7.70. The number of rotatable bonds is 4. The van der Waals surface area contributed by atoms with Crippen LogP contribution in [0.15, 0.2) is 11.6 Å². The first-order chi connectivity index (χ1) is 18.5. The molecule has 12 nitrogen and oxygen atoms in total. The van der Waals surface area contributed by atoms with E-state index in [0.717, 1.165) is 0 Å².